The van der Waals surface area contributed by atoms with Gasteiger partial charge in [-0.2, -0.15) is 9.40 Å². The summed E-state index contributed by atoms with van der Waals surface area (Å²) in [5.74, 6) is 0. The molecule has 3 heterocycles. The number of aromatic nitrogens is 2. The Morgan fingerprint density at radius 2 is 1.83 bits per heavy atom. The Morgan fingerprint density at radius 3 is 2.57 bits per heavy atom. The molecule has 0 N–H and O–H groups in total. The average Bonchev–Trinajstić information content (AvgIpc) is 2.83. The van der Waals surface area contributed by atoms with Crippen LogP contribution in [0.4, 0.5) is 0 Å². The number of ether oxygens (including phenoxy) is 1. The van der Waals surface area contributed by atoms with Crippen molar-refractivity contribution in [2.24, 2.45) is 7.05 Å². The van der Waals surface area contributed by atoms with E-state index in [1.165, 1.54) is 0 Å². The van der Waals surface area contributed by atoms with Crippen molar-refractivity contribution in [3.63, 3.8) is 0 Å². The SMILES string of the molecule is Cn1nc2c(c1S(=O)(=O)N1CC(N3CCOCC3)C1)CCCC2. The first kappa shape index (κ1) is 15.6. The lowest BCUT2D eigenvalue weighted by atomic mass is 9.99. The number of hydrogen-bond acceptors (Lipinski definition) is 5. The molecule has 7 nitrogen and oxygen atoms in total. The molecule has 0 atom stereocenters. The van der Waals surface area contributed by atoms with Crippen LogP contribution in [-0.4, -0.2) is 72.8 Å². The van der Waals surface area contributed by atoms with Crippen molar-refractivity contribution in [1.82, 2.24) is 19.0 Å². The summed E-state index contributed by atoms with van der Waals surface area (Å²) in [5, 5.41) is 4.87. The van der Waals surface area contributed by atoms with E-state index in [0.717, 1.165) is 63.2 Å². The Labute approximate surface area is 137 Å². The van der Waals surface area contributed by atoms with Gasteiger partial charge in [0.25, 0.3) is 10.0 Å². The van der Waals surface area contributed by atoms with Gasteiger partial charge >= 0.3 is 0 Å². The van der Waals surface area contributed by atoms with Gasteiger partial charge in [-0.05, 0) is 25.7 Å². The van der Waals surface area contributed by atoms with Crippen molar-refractivity contribution in [2.45, 2.75) is 36.8 Å². The zero-order valence-corrected chi connectivity index (χ0v) is 14.4. The minimum Gasteiger partial charge on any atom is -0.379 e. The lowest BCUT2D eigenvalue weighted by Gasteiger charge is -2.45. The summed E-state index contributed by atoms with van der Waals surface area (Å²) < 4.78 is 34.6. The predicted molar refractivity (Wildman–Crippen MR) is 84.8 cm³/mol. The molecule has 1 aromatic heterocycles. The summed E-state index contributed by atoms with van der Waals surface area (Å²) in [6.07, 6.45) is 3.89. The molecule has 2 aliphatic heterocycles. The van der Waals surface area contributed by atoms with Gasteiger partial charge < -0.3 is 4.74 Å². The van der Waals surface area contributed by atoms with Crippen molar-refractivity contribution in [2.75, 3.05) is 39.4 Å². The van der Waals surface area contributed by atoms with Gasteiger partial charge in [0.1, 0.15) is 0 Å². The Hall–Kier alpha value is -0.960. The van der Waals surface area contributed by atoms with Crippen LogP contribution in [-0.2, 0) is 34.6 Å². The second-order valence-electron chi connectivity index (χ2n) is 6.69. The third-order valence-corrected chi connectivity index (χ3v) is 7.21. The zero-order valence-electron chi connectivity index (χ0n) is 13.6. The van der Waals surface area contributed by atoms with Crippen LogP contribution < -0.4 is 0 Å². The van der Waals surface area contributed by atoms with E-state index in [-0.39, 0.29) is 0 Å². The summed E-state index contributed by atoms with van der Waals surface area (Å²) in [7, 11) is -1.67. The molecular weight excluding hydrogens is 316 g/mol. The standard InChI is InChI=1S/C15H24N4O3S/c1-17-15(13-4-2-3-5-14(13)16-17)23(20,21)19-10-12(11-19)18-6-8-22-9-7-18/h12H,2-11H2,1H3. The molecule has 0 bridgehead atoms. The fourth-order valence-corrected chi connectivity index (χ4v) is 5.77. The van der Waals surface area contributed by atoms with E-state index >= 15 is 0 Å². The highest BCUT2D eigenvalue weighted by atomic mass is 32.2. The van der Waals surface area contributed by atoms with E-state index in [4.69, 9.17) is 4.74 Å². The highest BCUT2D eigenvalue weighted by Crippen LogP contribution is 2.31. The molecule has 0 radical (unpaired) electrons. The van der Waals surface area contributed by atoms with E-state index in [1.807, 2.05) is 0 Å². The number of hydrogen-bond donors (Lipinski definition) is 0. The van der Waals surface area contributed by atoms with Crippen molar-refractivity contribution in [3.05, 3.63) is 11.3 Å². The van der Waals surface area contributed by atoms with E-state index in [2.05, 4.69) is 10.00 Å². The van der Waals surface area contributed by atoms with Gasteiger partial charge in [-0.25, -0.2) is 8.42 Å². The number of rotatable bonds is 3. The zero-order chi connectivity index (χ0) is 16.0. The Morgan fingerprint density at radius 1 is 1.13 bits per heavy atom. The van der Waals surface area contributed by atoms with Crippen molar-refractivity contribution >= 4 is 10.0 Å². The van der Waals surface area contributed by atoms with E-state index in [0.29, 0.717) is 24.2 Å². The fraction of sp³-hybridized carbons (Fsp3) is 0.800. The molecule has 128 valence electrons. The van der Waals surface area contributed by atoms with E-state index < -0.39 is 10.0 Å². The van der Waals surface area contributed by atoms with Crippen LogP contribution in [0.2, 0.25) is 0 Å². The lowest BCUT2D eigenvalue weighted by molar-refractivity contribution is -0.0117. The first-order valence-corrected chi connectivity index (χ1v) is 9.88. The maximum atomic E-state index is 13.0. The smallest absolute Gasteiger partial charge is 0.260 e. The second-order valence-corrected chi connectivity index (χ2v) is 8.54. The largest absolute Gasteiger partial charge is 0.379 e. The Bertz CT molecular complexity index is 688. The van der Waals surface area contributed by atoms with Crippen molar-refractivity contribution in [3.8, 4) is 0 Å². The van der Waals surface area contributed by atoms with Gasteiger partial charge in [0.2, 0.25) is 0 Å². The lowest BCUT2D eigenvalue weighted by Crippen LogP contribution is -2.62. The third kappa shape index (κ3) is 2.61. The fourth-order valence-electron chi connectivity index (χ4n) is 3.88. The summed E-state index contributed by atoms with van der Waals surface area (Å²) in [4.78, 5) is 2.34. The maximum Gasteiger partial charge on any atom is 0.260 e. The molecule has 2 fully saturated rings. The van der Waals surface area contributed by atoms with Gasteiger partial charge in [0.05, 0.1) is 18.9 Å². The van der Waals surface area contributed by atoms with E-state index in [9.17, 15) is 8.42 Å². The topological polar surface area (TPSA) is 67.7 Å². The molecule has 1 aromatic rings. The third-order valence-electron chi connectivity index (χ3n) is 5.24. The summed E-state index contributed by atoms with van der Waals surface area (Å²) in [6.45, 7) is 4.47. The van der Waals surface area contributed by atoms with Crippen LogP contribution in [0.1, 0.15) is 24.1 Å². The first-order chi connectivity index (χ1) is 11.1. The Kier molecular flexibility index (Phi) is 3.95. The number of nitrogens with zero attached hydrogens (tertiary/aromatic N) is 4. The summed E-state index contributed by atoms with van der Waals surface area (Å²) in [6, 6.07) is 0.331. The van der Waals surface area contributed by atoms with Gasteiger partial charge in [0, 0.05) is 44.8 Å². The summed E-state index contributed by atoms with van der Waals surface area (Å²) in [5.41, 5.74) is 1.93. The first-order valence-electron chi connectivity index (χ1n) is 8.44. The quantitative estimate of drug-likeness (QED) is 0.775. The van der Waals surface area contributed by atoms with E-state index in [1.54, 1.807) is 16.0 Å². The highest BCUT2D eigenvalue weighted by molar-refractivity contribution is 7.89. The molecule has 1 aliphatic carbocycles. The molecule has 0 spiro atoms. The van der Waals surface area contributed by atoms with Crippen LogP contribution in [0.5, 0.6) is 0 Å². The van der Waals surface area contributed by atoms with Gasteiger partial charge in [-0.15, -0.1) is 0 Å². The number of fused-ring (bicyclic) bond motifs is 1. The van der Waals surface area contributed by atoms with Crippen LogP contribution in [0.25, 0.3) is 0 Å². The molecule has 23 heavy (non-hydrogen) atoms. The molecule has 0 aromatic carbocycles. The molecule has 3 aliphatic rings. The molecule has 2 saturated heterocycles. The predicted octanol–water partition coefficient (Wildman–Crippen LogP) is 0.00400. The van der Waals surface area contributed by atoms with Crippen LogP contribution >= 0.6 is 0 Å². The maximum absolute atomic E-state index is 13.0. The second kappa shape index (κ2) is 5.84. The van der Waals surface area contributed by atoms with Gasteiger partial charge in [0.15, 0.2) is 5.03 Å². The average molecular weight is 340 g/mol. The molecule has 0 amide bonds. The minimum atomic E-state index is -3.43. The normalized spacial score (nSPS) is 24.4. The van der Waals surface area contributed by atoms with Crippen LogP contribution in [0.15, 0.2) is 5.03 Å². The van der Waals surface area contributed by atoms with Crippen molar-refractivity contribution in [1.29, 1.82) is 0 Å². The molecule has 0 unspecified atom stereocenters. The van der Waals surface area contributed by atoms with Gasteiger partial charge in [-0.3, -0.25) is 9.58 Å². The Balaban J connectivity index is 1.52. The minimum absolute atomic E-state index is 0.331. The number of aryl methyl sites for hydroxylation is 2. The monoisotopic (exact) mass is 340 g/mol. The van der Waals surface area contributed by atoms with Gasteiger partial charge in [-0.1, -0.05) is 0 Å². The summed E-state index contributed by atoms with van der Waals surface area (Å²) >= 11 is 0. The van der Waals surface area contributed by atoms with Crippen LogP contribution in [0, 0.1) is 0 Å². The molecule has 8 heteroatoms. The van der Waals surface area contributed by atoms with Crippen LogP contribution in [0.3, 0.4) is 0 Å². The number of sulfonamides is 1. The molecular formula is C15H24N4O3S. The molecule has 4 rings (SSSR count). The highest BCUT2D eigenvalue weighted by Gasteiger charge is 2.42. The molecule has 0 saturated carbocycles. The number of morpholine rings is 1. The van der Waals surface area contributed by atoms with Crippen molar-refractivity contribution < 1.29 is 13.2 Å².